The van der Waals surface area contributed by atoms with Crippen LogP contribution in [0.1, 0.15) is 55.3 Å². The number of imide groups is 1. The summed E-state index contributed by atoms with van der Waals surface area (Å²) in [7, 11) is 0. The zero-order valence-corrected chi connectivity index (χ0v) is 15.9. The van der Waals surface area contributed by atoms with Gasteiger partial charge in [-0.3, -0.25) is 14.5 Å². The van der Waals surface area contributed by atoms with Gasteiger partial charge in [0.05, 0.1) is 6.61 Å². The Morgan fingerprint density at radius 1 is 1.25 bits per heavy atom. The van der Waals surface area contributed by atoms with E-state index in [9.17, 15) is 14.4 Å². The van der Waals surface area contributed by atoms with Crippen LogP contribution in [0.3, 0.4) is 0 Å². The highest BCUT2D eigenvalue weighted by atomic mass is 16.5. The number of rotatable bonds is 6. The maximum absolute atomic E-state index is 12.6. The van der Waals surface area contributed by atoms with E-state index < -0.39 is 11.4 Å². The van der Waals surface area contributed by atoms with Crippen LogP contribution in [0.5, 0.6) is 5.88 Å². The van der Waals surface area contributed by atoms with Gasteiger partial charge in [-0.1, -0.05) is 0 Å². The largest absolute Gasteiger partial charge is 0.477 e. The second-order valence-corrected chi connectivity index (χ2v) is 8.20. The summed E-state index contributed by atoms with van der Waals surface area (Å²) < 4.78 is 5.75. The Morgan fingerprint density at radius 2 is 1.96 bits per heavy atom. The average molecular weight is 386 g/mol. The van der Waals surface area contributed by atoms with Crippen LogP contribution in [-0.4, -0.2) is 46.4 Å². The predicted octanol–water partition coefficient (Wildman–Crippen LogP) is 1.84. The van der Waals surface area contributed by atoms with Crippen molar-refractivity contribution in [3.63, 3.8) is 0 Å². The molecule has 1 aliphatic heterocycles. The monoisotopic (exact) mass is 386 g/mol. The molecule has 28 heavy (non-hydrogen) atoms. The summed E-state index contributed by atoms with van der Waals surface area (Å²) in [4.78, 5) is 41.8. The van der Waals surface area contributed by atoms with Crippen molar-refractivity contribution in [2.24, 2.45) is 17.6 Å². The Labute approximate surface area is 163 Å². The number of urea groups is 1. The molecule has 0 unspecified atom stereocenters. The van der Waals surface area contributed by atoms with Gasteiger partial charge in [0.25, 0.3) is 11.8 Å². The third kappa shape index (κ3) is 3.43. The van der Waals surface area contributed by atoms with Crippen LogP contribution in [-0.2, 0) is 4.79 Å². The van der Waals surface area contributed by atoms with Crippen molar-refractivity contribution in [3.8, 4) is 5.88 Å². The quantitative estimate of drug-likeness (QED) is 0.724. The first-order valence-electron chi connectivity index (χ1n) is 10.0. The molecule has 4 amide bonds. The summed E-state index contributed by atoms with van der Waals surface area (Å²) in [6, 6.07) is 3.03. The number of carbonyl (C=O) groups excluding carboxylic acids is 3. The van der Waals surface area contributed by atoms with Gasteiger partial charge < -0.3 is 15.8 Å². The van der Waals surface area contributed by atoms with Crippen LogP contribution in [0.25, 0.3) is 0 Å². The highest BCUT2D eigenvalue weighted by Gasteiger charge is 2.54. The van der Waals surface area contributed by atoms with Crippen molar-refractivity contribution in [1.82, 2.24) is 15.2 Å². The molecule has 8 heteroatoms. The first kappa shape index (κ1) is 18.7. The summed E-state index contributed by atoms with van der Waals surface area (Å²) in [5.41, 5.74) is 5.05. The van der Waals surface area contributed by atoms with Gasteiger partial charge in [0.15, 0.2) is 0 Å². The van der Waals surface area contributed by atoms with E-state index in [4.69, 9.17) is 10.5 Å². The van der Waals surface area contributed by atoms with Crippen LogP contribution in [0, 0.1) is 11.8 Å². The zero-order valence-electron chi connectivity index (χ0n) is 15.9. The summed E-state index contributed by atoms with van der Waals surface area (Å²) >= 11 is 0. The summed E-state index contributed by atoms with van der Waals surface area (Å²) in [5.74, 6) is 0.382. The number of aromatic nitrogens is 1. The van der Waals surface area contributed by atoms with Crippen molar-refractivity contribution in [2.45, 2.75) is 50.5 Å². The lowest BCUT2D eigenvalue weighted by Gasteiger charge is -2.35. The highest BCUT2D eigenvalue weighted by Crippen LogP contribution is 2.38. The van der Waals surface area contributed by atoms with Crippen LogP contribution in [0.2, 0.25) is 0 Å². The number of primary amides is 1. The second kappa shape index (κ2) is 7.41. The van der Waals surface area contributed by atoms with Gasteiger partial charge in [0, 0.05) is 12.7 Å². The minimum absolute atomic E-state index is 0.0386. The molecule has 8 nitrogen and oxygen atoms in total. The highest BCUT2D eigenvalue weighted by molar-refractivity contribution is 6.07. The molecule has 2 saturated carbocycles. The summed E-state index contributed by atoms with van der Waals surface area (Å²) in [6.07, 6.45) is 7.91. The van der Waals surface area contributed by atoms with E-state index in [0.29, 0.717) is 30.6 Å². The molecular weight excluding hydrogens is 360 g/mol. The van der Waals surface area contributed by atoms with E-state index >= 15 is 0 Å². The molecule has 1 spiro atoms. The van der Waals surface area contributed by atoms with Crippen LogP contribution in [0.15, 0.2) is 18.3 Å². The Kier molecular flexibility index (Phi) is 4.95. The minimum Gasteiger partial charge on any atom is -0.477 e. The van der Waals surface area contributed by atoms with E-state index in [1.165, 1.54) is 4.90 Å². The molecule has 0 atom stereocenters. The number of hydrogen-bond acceptors (Lipinski definition) is 5. The van der Waals surface area contributed by atoms with E-state index in [0.717, 1.165) is 44.9 Å². The Balaban J connectivity index is 1.26. The number of amides is 4. The lowest BCUT2D eigenvalue weighted by atomic mass is 9.76. The molecular formula is C20H26N4O4. The van der Waals surface area contributed by atoms with E-state index in [1.807, 2.05) is 0 Å². The number of ether oxygens (including phenoxy) is 1. The zero-order chi connectivity index (χ0) is 19.7. The maximum atomic E-state index is 12.6. The number of nitrogens with one attached hydrogen (secondary N) is 1. The van der Waals surface area contributed by atoms with Gasteiger partial charge in [-0.2, -0.15) is 0 Å². The average Bonchev–Trinajstić information content (AvgIpc) is 2.92. The molecule has 0 radical (unpaired) electrons. The predicted molar refractivity (Wildman–Crippen MR) is 101 cm³/mol. The van der Waals surface area contributed by atoms with Gasteiger partial charge in [-0.25, -0.2) is 9.78 Å². The maximum Gasteiger partial charge on any atom is 0.325 e. The number of nitrogens with two attached hydrogens (primary N) is 1. The molecule has 3 fully saturated rings. The van der Waals surface area contributed by atoms with E-state index in [-0.39, 0.29) is 17.8 Å². The number of carbonyl (C=O) groups is 3. The van der Waals surface area contributed by atoms with E-state index in [2.05, 4.69) is 10.3 Å². The number of nitrogens with zero attached hydrogens (tertiary/aromatic N) is 2. The third-order valence-corrected chi connectivity index (χ3v) is 6.35. The van der Waals surface area contributed by atoms with Gasteiger partial charge >= 0.3 is 6.03 Å². The van der Waals surface area contributed by atoms with Crippen LogP contribution >= 0.6 is 0 Å². The smallest absolute Gasteiger partial charge is 0.325 e. The molecule has 0 aromatic carbocycles. The standard InChI is InChI=1S/C20H26N4O4/c21-16(25)15-3-1-10-22-17(15)28-12-14-6-4-13(5-7-14)11-24-18(26)20(8-2-9-20)23-19(24)27/h1,3,10,13-14H,2,4-9,11-12H2,(H2,21,25)(H,23,27). The lowest BCUT2D eigenvalue weighted by molar-refractivity contribution is -0.134. The summed E-state index contributed by atoms with van der Waals surface area (Å²) in [6.45, 7) is 0.988. The number of hydrogen-bond donors (Lipinski definition) is 2. The first-order chi connectivity index (χ1) is 13.5. The molecule has 3 N–H and O–H groups in total. The SMILES string of the molecule is NC(=O)c1cccnc1OCC1CCC(CN2C(=O)NC3(CCC3)C2=O)CC1. The van der Waals surface area contributed by atoms with Crippen LogP contribution < -0.4 is 15.8 Å². The fourth-order valence-electron chi connectivity index (χ4n) is 4.44. The summed E-state index contributed by atoms with van der Waals surface area (Å²) in [5, 5.41) is 2.89. The molecule has 0 bridgehead atoms. The van der Waals surface area contributed by atoms with Crippen molar-refractivity contribution in [2.75, 3.05) is 13.2 Å². The molecule has 4 rings (SSSR count). The molecule has 2 aliphatic carbocycles. The molecule has 1 saturated heterocycles. The Hall–Kier alpha value is -2.64. The topological polar surface area (TPSA) is 115 Å². The second-order valence-electron chi connectivity index (χ2n) is 8.20. The lowest BCUT2D eigenvalue weighted by Crippen LogP contribution is -2.52. The van der Waals surface area contributed by atoms with Gasteiger partial charge in [0.2, 0.25) is 5.88 Å². The number of pyridine rings is 1. The van der Waals surface area contributed by atoms with Crippen molar-refractivity contribution in [3.05, 3.63) is 23.9 Å². The van der Waals surface area contributed by atoms with Crippen molar-refractivity contribution < 1.29 is 19.1 Å². The molecule has 2 heterocycles. The third-order valence-electron chi connectivity index (χ3n) is 6.35. The fraction of sp³-hybridized carbons (Fsp3) is 0.600. The Bertz CT molecular complexity index is 784. The first-order valence-corrected chi connectivity index (χ1v) is 10.0. The van der Waals surface area contributed by atoms with Gasteiger partial charge in [-0.15, -0.1) is 0 Å². The fourth-order valence-corrected chi connectivity index (χ4v) is 4.44. The van der Waals surface area contributed by atoms with Gasteiger partial charge in [-0.05, 0) is 68.9 Å². The minimum atomic E-state index is -0.594. The van der Waals surface area contributed by atoms with Crippen molar-refractivity contribution >= 4 is 17.8 Å². The van der Waals surface area contributed by atoms with E-state index in [1.54, 1.807) is 18.3 Å². The van der Waals surface area contributed by atoms with Gasteiger partial charge in [0.1, 0.15) is 11.1 Å². The van der Waals surface area contributed by atoms with Crippen molar-refractivity contribution in [1.29, 1.82) is 0 Å². The molecule has 150 valence electrons. The molecule has 1 aromatic heterocycles. The molecule has 3 aliphatic rings. The molecule has 1 aromatic rings. The normalized spacial score (nSPS) is 26.1. The van der Waals surface area contributed by atoms with Crippen LogP contribution in [0.4, 0.5) is 4.79 Å². The Morgan fingerprint density at radius 3 is 2.57 bits per heavy atom.